The van der Waals surface area contributed by atoms with Crippen molar-refractivity contribution in [2.45, 2.75) is 13.8 Å². The number of imide groups is 1. The summed E-state index contributed by atoms with van der Waals surface area (Å²) in [6.45, 7) is 3.98. The second-order valence-corrected chi connectivity index (χ2v) is 6.75. The van der Waals surface area contributed by atoms with Gasteiger partial charge in [0.05, 0.1) is 16.2 Å². The lowest BCUT2D eigenvalue weighted by Gasteiger charge is -2.15. The van der Waals surface area contributed by atoms with E-state index in [1.807, 2.05) is 32.0 Å². The van der Waals surface area contributed by atoms with Gasteiger partial charge in [0.1, 0.15) is 17.1 Å². The fraction of sp³-hybridized carbons (Fsp3) is 0.0909. The monoisotopic (exact) mass is 388 g/mol. The molecule has 1 aliphatic rings. The zero-order valence-corrected chi connectivity index (χ0v) is 15.7. The molecule has 7 heteroatoms. The normalized spacial score (nSPS) is 12.8. The molecule has 0 saturated heterocycles. The Hall–Kier alpha value is -4.00. The minimum Gasteiger partial charge on any atom is -0.457 e. The van der Waals surface area contributed by atoms with Crippen molar-refractivity contribution in [3.8, 4) is 11.5 Å². The lowest BCUT2D eigenvalue weighted by atomic mass is 10.1. The molecule has 144 valence electrons. The highest BCUT2D eigenvalue weighted by atomic mass is 16.6. The van der Waals surface area contributed by atoms with E-state index in [4.69, 9.17) is 4.74 Å². The van der Waals surface area contributed by atoms with Crippen LogP contribution in [0.25, 0.3) is 0 Å². The van der Waals surface area contributed by atoms with E-state index >= 15 is 0 Å². The number of amides is 2. The van der Waals surface area contributed by atoms with E-state index < -0.39 is 16.7 Å². The second-order valence-electron chi connectivity index (χ2n) is 6.75. The van der Waals surface area contributed by atoms with Crippen LogP contribution in [0.3, 0.4) is 0 Å². The van der Waals surface area contributed by atoms with Gasteiger partial charge < -0.3 is 4.74 Å². The zero-order valence-electron chi connectivity index (χ0n) is 15.7. The Morgan fingerprint density at radius 2 is 1.59 bits per heavy atom. The first kappa shape index (κ1) is 18.4. The van der Waals surface area contributed by atoms with Gasteiger partial charge in [-0.25, -0.2) is 4.90 Å². The number of rotatable bonds is 4. The van der Waals surface area contributed by atoms with E-state index in [2.05, 4.69) is 0 Å². The van der Waals surface area contributed by atoms with Crippen molar-refractivity contribution in [2.75, 3.05) is 4.90 Å². The molecule has 2 amide bonds. The molecular formula is C22H16N2O5. The summed E-state index contributed by atoms with van der Waals surface area (Å²) in [5, 5.41) is 11.3. The molecule has 3 aromatic carbocycles. The van der Waals surface area contributed by atoms with Crippen LogP contribution in [0.2, 0.25) is 0 Å². The molecule has 0 saturated carbocycles. The van der Waals surface area contributed by atoms with E-state index in [0.717, 1.165) is 16.0 Å². The number of anilines is 1. The summed E-state index contributed by atoms with van der Waals surface area (Å²) in [6, 6.07) is 16.2. The van der Waals surface area contributed by atoms with Gasteiger partial charge in [-0.3, -0.25) is 19.7 Å². The second kappa shape index (κ2) is 6.87. The molecule has 0 aliphatic carbocycles. The fourth-order valence-corrected chi connectivity index (χ4v) is 3.25. The SMILES string of the molecule is Cc1ccc(Oc2cccc(N3C(=O)c4cccc([N+](=O)[O-])c4C3=O)c2)cc1C. The maximum atomic E-state index is 12.8. The van der Waals surface area contributed by atoms with Gasteiger partial charge in [0, 0.05) is 12.1 Å². The van der Waals surface area contributed by atoms with Gasteiger partial charge in [0.25, 0.3) is 17.5 Å². The summed E-state index contributed by atoms with van der Waals surface area (Å²) < 4.78 is 5.87. The summed E-state index contributed by atoms with van der Waals surface area (Å²) in [5.74, 6) is -0.252. The molecule has 29 heavy (non-hydrogen) atoms. The van der Waals surface area contributed by atoms with Gasteiger partial charge in [-0.1, -0.05) is 18.2 Å². The van der Waals surface area contributed by atoms with Crippen LogP contribution in [0.15, 0.2) is 60.7 Å². The molecule has 0 bridgehead atoms. The topological polar surface area (TPSA) is 89.8 Å². The number of fused-ring (bicyclic) bond motifs is 1. The van der Waals surface area contributed by atoms with Crippen LogP contribution in [-0.2, 0) is 0 Å². The number of ether oxygens (including phenoxy) is 1. The number of nitro benzene ring substituents is 1. The van der Waals surface area contributed by atoms with E-state index in [1.54, 1.807) is 24.3 Å². The number of aryl methyl sites for hydroxylation is 2. The summed E-state index contributed by atoms with van der Waals surface area (Å²) in [7, 11) is 0. The quantitative estimate of drug-likeness (QED) is 0.364. The van der Waals surface area contributed by atoms with E-state index in [-0.39, 0.29) is 22.5 Å². The number of hydrogen-bond donors (Lipinski definition) is 0. The Morgan fingerprint density at radius 1 is 0.862 bits per heavy atom. The highest BCUT2D eigenvalue weighted by molar-refractivity contribution is 6.35. The van der Waals surface area contributed by atoms with Crippen LogP contribution in [0.5, 0.6) is 11.5 Å². The van der Waals surface area contributed by atoms with Crippen LogP contribution in [0.4, 0.5) is 11.4 Å². The number of nitrogens with zero attached hydrogens (tertiary/aromatic N) is 2. The molecule has 0 spiro atoms. The Labute approximate surface area is 166 Å². The smallest absolute Gasteiger partial charge is 0.283 e. The molecule has 7 nitrogen and oxygen atoms in total. The Balaban J connectivity index is 1.69. The van der Waals surface area contributed by atoms with E-state index in [1.165, 1.54) is 18.2 Å². The summed E-state index contributed by atoms with van der Waals surface area (Å²) in [6.07, 6.45) is 0. The Kier molecular flexibility index (Phi) is 4.35. The number of nitro groups is 1. The van der Waals surface area contributed by atoms with Gasteiger partial charge in [0.2, 0.25) is 0 Å². The lowest BCUT2D eigenvalue weighted by molar-refractivity contribution is -0.385. The molecule has 0 aromatic heterocycles. The van der Waals surface area contributed by atoms with Crippen LogP contribution < -0.4 is 9.64 Å². The van der Waals surface area contributed by atoms with Crippen molar-refractivity contribution in [3.05, 3.63) is 93.0 Å². The van der Waals surface area contributed by atoms with E-state index in [0.29, 0.717) is 11.5 Å². The fourth-order valence-electron chi connectivity index (χ4n) is 3.25. The first-order chi connectivity index (χ1) is 13.9. The van der Waals surface area contributed by atoms with Crippen molar-refractivity contribution < 1.29 is 19.2 Å². The van der Waals surface area contributed by atoms with Crippen molar-refractivity contribution in [1.29, 1.82) is 0 Å². The first-order valence-corrected chi connectivity index (χ1v) is 8.88. The first-order valence-electron chi connectivity index (χ1n) is 8.88. The molecule has 3 aromatic rings. The molecule has 0 radical (unpaired) electrons. The molecule has 0 N–H and O–H groups in total. The zero-order chi connectivity index (χ0) is 20.7. The predicted octanol–water partition coefficient (Wildman–Crippen LogP) is 4.80. The molecule has 1 heterocycles. The highest BCUT2D eigenvalue weighted by Crippen LogP contribution is 2.35. The minimum absolute atomic E-state index is 0.0182. The van der Waals surface area contributed by atoms with Crippen molar-refractivity contribution in [3.63, 3.8) is 0 Å². The third kappa shape index (κ3) is 3.12. The Morgan fingerprint density at radius 3 is 2.31 bits per heavy atom. The molecule has 1 aliphatic heterocycles. The molecular weight excluding hydrogens is 372 g/mol. The van der Waals surface area contributed by atoms with Crippen molar-refractivity contribution in [1.82, 2.24) is 0 Å². The molecule has 4 rings (SSSR count). The van der Waals surface area contributed by atoms with Crippen molar-refractivity contribution >= 4 is 23.2 Å². The number of carbonyl (C=O) groups excluding carboxylic acids is 2. The van der Waals surface area contributed by atoms with Crippen molar-refractivity contribution in [2.24, 2.45) is 0 Å². The summed E-state index contributed by atoms with van der Waals surface area (Å²) in [4.78, 5) is 37.2. The number of hydrogen-bond acceptors (Lipinski definition) is 5. The van der Waals surface area contributed by atoms with Gasteiger partial charge in [-0.05, 0) is 55.3 Å². The Bertz CT molecular complexity index is 1190. The minimum atomic E-state index is -0.722. The van der Waals surface area contributed by atoms with E-state index in [9.17, 15) is 19.7 Å². The molecule has 0 unspecified atom stereocenters. The standard InChI is InChI=1S/C22H16N2O5/c1-13-9-10-17(11-14(13)2)29-16-6-3-5-15(12-16)23-21(25)18-7-4-8-19(24(27)28)20(18)22(23)26/h3-12H,1-2H3. The van der Waals surface area contributed by atoms with Gasteiger partial charge in [-0.15, -0.1) is 0 Å². The third-order valence-electron chi connectivity index (χ3n) is 4.88. The average molecular weight is 388 g/mol. The molecule has 0 atom stereocenters. The van der Waals surface area contributed by atoms with Gasteiger partial charge >= 0.3 is 0 Å². The largest absolute Gasteiger partial charge is 0.457 e. The molecule has 0 fully saturated rings. The predicted molar refractivity (Wildman–Crippen MR) is 107 cm³/mol. The third-order valence-corrected chi connectivity index (χ3v) is 4.88. The summed E-state index contributed by atoms with van der Waals surface area (Å²) in [5.41, 5.74) is 1.94. The van der Waals surface area contributed by atoms with Crippen LogP contribution >= 0.6 is 0 Å². The van der Waals surface area contributed by atoms with Crippen LogP contribution in [0, 0.1) is 24.0 Å². The van der Waals surface area contributed by atoms with Gasteiger partial charge in [-0.2, -0.15) is 0 Å². The average Bonchev–Trinajstić information content (AvgIpc) is 2.95. The number of benzene rings is 3. The highest BCUT2D eigenvalue weighted by Gasteiger charge is 2.41. The summed E-state index contributed by atoms with van der Waals surface area (Å²) >= 11 is 0. The maximum Gasteiger partial charge on any atom is 0.283 e. The van der Waals surface area contributed by atoms with Crippen LogP contribution in [0.1, 0.15) is 31.8 Å². The van der Waals surface area contributed by atoms with Gasteiger partial charge in [0.15, 0.2) is 0 Å². The lowest BCUT2D eigenvalue weighted by Crippen LogP contribution is -2.29. The van der Waals surface area contributed by atoms with Crippen LogP contribution in [-0.4, -0.2) is 16.7 Å². The number of carbonyl (C=O) groups is 2. The maximum absolute atomic E-state index is 12.8.